The van der Waals surface area contributed by atoms with Crippen LogP contribution in [0.1, 0.15) is 38.1 Å². The highest BCUT2D eigenvalue weighted by atomic mass is 16.5. The second-order valence-corrected chi connectivity index (χ2v) is 2.92. The minimum Gasteiger partial charge on any atom is -0.382 e. The second kappa shape index (κ2) is 4.34. The molecule has 0 spiro atoms. The normalized spacial score (nSPS) is 15.7. The van der Waals surface area contributed by atoms with E-state index in [4.69, 9.17) is 10.3 Å². The van der Waals surface area contributed by atoms with Gasteiger partial charge < -0.3 is 15.4 Å². The lowest BCUT2D eigenvalue weighted by Crippen LogP contribution is -2.27. The topological polar surface area (TPSA) is 85.2 Å². The molecule has 74 valence electrons. The Balaban J connectivity index is 2.70. The fourth-order valence-electron chi connectivity index (χ4n) is 0.938. The highest BCUT2D eigenvalue weighted by Gasteiger charge is 2.21. The van der Waals surface area contributed by atoms with Crippen molar-refractivity contribution in [3.8, 4) is 0 Å². The first-order valence-electron chi connectivity index (χ1n) is 4.45. The fourth-order valence-corrected chi connectivity index (χ4v) is 0.938. The number of rotatable bonds is 4. The molecule has 0 fully saturated rings. The highest BCUT2D eigenvalue weighted by Crippen LogP contribution is 2.15. The Labute approximate surface area is 76.9 Å². The van der Waals surface area contributed by atoms with Gasteiger partial charge in [-0.2, -0.15) is 4.98 Å². The molecule has 3 N–H and O–H groups in total. The molecule has 1 aromatic rings. The molecule has 2 atom stereocenters. The largest absolute Gasteiger partial charge is 0.382 e. The van der Waals surface area contributed by atoms with Gasteiger partial charge >= 0.3 is 0 Å². The van der Waals surface area contributed by atoms with E-state index >= 15 is 0 Å². The molecule has 5 nitrogen and oxygen atoms in total. The van der Waals surface area contributed by atoms with E-state index in [1.165, 1.54) is 0 Å². The van der Waals surface area contributed by atoms with Crippen LogP contribution in [0.15, 0.2) is 4.52 Å². The summed E-state index contributed by atoms with van der Waals surface area (Å²) in [4.78, 5) is 3.99. The van der Waals surface area contributed by atoms with Crippen molar-refractivity contribution < 1.29 is 9.63 Å². The van der Waals surface area contributed by atoms with Crippen LogP contribution in [0.25, 0.3) is 0 Å². The van der Waals surface area contributed by atoms with Gasteiger partial charge in [-0.1, -0.05) is 19.0 Å². The summed E-state index contributed by atoms with van der Waals surface area (Å²) in [7, 11) is 0. The molecule has 0 aliphatic heterocycles. The van der Waals surface area contributed by atoms with Gasteiger partial charge in [0.1, 0.15) is 6.10 Å². The maximum Gasteiger partial charge on any atom is 0.257 e. The molecule has 1 heterocycles. The van der Waals surface area contributed by atoms with E-state index in [9.17, 15) is 5.11 Å². The SMILES string of the molecule is CCc1noc([C@@H](O)C(N)CC)n1. The van der Waals surface area contributed by atoms with Crippen LogP contribution in [-0.4, -0.2) is 21.3 Å². The van der Waals surface area contributed by atoms with Gasteiger partial charge in [-0.05, 0) is 6.42 Å². The van der Waals surface area contributed by atoms with Crippen LogP contribution in [0.5, 0.6) is 0 Å². The predicted octanol–water partition coefficient (Wildman–Crippen LogP) is 0.403. The van der Waals surface area contributed by atoms with Gasteiger partial charge in [0.25, 0.3) is 5.89 Å². The van der Waals surface area contributed by atoms with E-state index in [1.807, 2.05) is 13.8 Å². The van der Waals surface area contributed by atoms with E-state index in [0.717, 1.165) is 0 Å². The van der Waals surface area contributed by atoms with Crippen molar-refractivity contribution in [2.45, 2.75) is 38.8 Å². The molecule has 5 heteroatoms. The van der Waals surface area contributed by atoms with Crippen LogP contribution in [0, 0.1) is 0 Å². The number of aliphatic hydroxyl groups excluding tert-OH is 1. The summed E-state index contributed by atoms with van der Waals surface area (Å²) in [6.45, 7) is 3.81. The molecule has 1 rings (SSSR count). The van der Waals surface area contributed by atoms with Crippen molar-refractivity contribution in [1.29, 1.82) is 0 Å². The van der Waals surface area contributed by atoms with Crippen molar-refractivity contribution >= 4 is 0 Å². The Morgan fingerprint density at radius 1 is 1.54 bits per heavy atom. The first-order chi connectivity index (χ1) is 6.19. The smallest absolute Gasteiger partial charge is 0.257 e. The Bertz CT molecular complexity index is 262. The summed E-state index contributed by atoms with van der Waals surface area (Å²) < 4.78 is 4.85. The standard InChI is InChI=1S/C8H15N3O2/c1-3-5(9)7(12)8-10-6(4-2)11-13-8/h5,7,12H,3-4,9H2,1-2H3/t5?,7-/m0/s1. The fraction of sp³-hybridized carbons (Fsp3) is 0.750. The molecule has 0 saturated carbocycles. The molecule has 0 aromatic carbocycles. The lowest BCUT2D eigenvalue weighted by Gasteiger charge is -2.11. The van der Waals surface area contributed by atoms with Crippen LogP contribution in [0.3, 0.4) is 0 Å². The van der Waals surface area contributed by atoms with Crippen molar-refractivity contribution in [3.63, 3.8) is 0 Å². The summed E-state index contributed by atoms with van der Waals surface area (Å²) in [5, 5.41) is 13.2. The first-order valence-corrected chi connectivity index (χ1v) is 4.45. The van der Waals surface area contributed by atoms with Gasteiger partial charge in [0.15, 0.2) is 5.82 Å². The third-order valence-electron chi connectivity index (χ3n) is 1.93. The van der Waals surface area contributed by atoms with Crippen LogP contribution >= 0.6 is 0 Å². The van der Waals surface area contributed by atoms with E-state index in [-0.39, 0.29) is 11.9 Å². The molecular weight excluding hydrogens is 170 g/mol. The van der Waals surface area contributed by atoms with E-state index in [1.54, 1.807) is 0 Å². The average Bonchev–Trinajstić information content (AvgIpc) is 2.63. The van der Waals surface area contributed by atoms with Crippen LogP contribution < -0.4 is 5.73 Å². The third kappa shape index (κ3) is 2.26. The Hall–Kier alpha value is -0.940. The van der Waals surface area contributed by atoms with Gasteiger partial charge in [-0.15, -0.1) is 0 Å². The van der Waals surface area contributed by atoms with Crippen LogP contribution in [-0.2, 0) is 6.42 Å². The van der Waals surface area contributed by atoms with Crippen molar-refractivity contribution in [2.75, 3.05) is 0 Å². The quantitative estimate of drug-likeness (QED) is 0.709. The molecule has 0 aliphatic rings. The zero-order chi connectivity index (χ0) is 9.84. The van der Waals surface area contributed by atoms with E-state index in [2.05, 4.69) is 10.1 Å². The first kappa shape index (κ1) is 10.1. The number of aryl methyl sites for hydroxylation is 1. The lowest BCUT2D eigenvalue weighted by atomic mass is 10.1. The minimum absolute atomic E-state index is 0.214. The van der Waals surface area contributed by atoms with E-state index in [0.29, 0.717) is 18.7 Å². The monoisotopic (exact) mass is 185 g/mol. The number of aromatic nitrogens is 2. The second-order valence-electron chi connectivity index (χ2n) is 2.92. The van der Waals surface area contributed by atoms with Crippen molar-refractivity contribution in [1.82, 2.24) is 10.1 Å². The number of aliphatic hydroxyl groups is 1. The van der Waals surface area contributed by atoms with Gasteiger partial charge in [0, 0.05) is 12.5 Å². The zero-order valence-electron chi connectivity index (χ0n) is 7.90. The predicted molar refractivity (Wildman–Crippen MR) is 46.9 cm³/mol. The molecule has 0 aliphatic carbocycles. The minimum atomic E-state index is -0.849. The Kier molecular flexibility index (Phi) is 3.39. The van der Waals surface area contributed by atoms with Gasteiger partial charge in [-0.25, -0.2) is 0 Å². The number of nitrogens with two attached hydrogens (primary N) is 1. The molecule has 0 saturated heterocycles. The van der Waals surface area contributed by atoms with E-state index < -0.39 is 6.10 Å². The molecule has 13 heavy (non-hydrogen) atoms. The molecule has 1 unspecified atom stereocenters. The maximum absolute atomic E-state index is 9.58. The zero-order valence-corrected chi connectivity index (χ0v) is 7.90. The molecular formula is C8H15N3O2. The third-order valence-corrected chi connectivity index (χ3v) is 1.93. The molecule has 1 aromatic heterocycles. The highest BCUT2D eigenvalue weighted by molar-refractivity contribution is 4.92. The average molecular weight is 185 g/mol. The summed E-state index contributed by atoms with van der Waals surface area (Å²) in [5.74, 6) is 0.809. The lowest BCUT2D eigenvalue weighted by molar-refractivity contribution is 0.105. The summed E-state index contributed by atoms with van der Waals surface area (Å²) in [6, 6.07) is -0.342. The van der Waals surface area contributed by atoms with Crippen molar-refractivity contribution in [3.05, 3.63) is 11.7 Å². The Morgan fingerprint density at radius 2 is 2.23 bits per heavy atom. The van der Waals surface area contributed by atoms with Crippen LogP contribution in [0.2, 0.25) is 0 Å². The summed E-state index contributed by atoms with van der Waals surface area (Å²) in [5.41, 5.74) is 5.62. The molecule has 0 radical (unpaired) electrons. The summed E-state index contributed by atoms with van der Waals surface area (Å²) >= 11 is 0. The number of hydrogen-bond donors (Lipinski definition) is 2. The van der Waals surface area contributed by atoms with Crippen molar-refractivity contribution in [2.24, 2.45) is 5.73 Å². The molecule has 0 amide bonds. The van der Waals surface area contributed by atoms with Gasteiger partial charge in [-0.3, -0.25) is 0 Å². The molecule has 0 bridgehead atoms. The Morgan fingerprint density at radius 3 is 2.69 bits per heavy atom. The van der Waals surface area contributed by atoms with Crippen LogP contribution in [0.4, 0.5) is 0 Å². The number of nitrogens with zero attached hydrogens (tertiary/aromatic N) is 2. The summed E-state index contributed by atoms with van der Waals surface area (Å²) in [6.07, 6.45) is 0.514. The number of hydrogen-bond acceptors (Lipinski definition) is 5. The van der Waals surface area contributed by atoms with Gasteiger partial charge in [0.05, 0.1) is 0 Å². The maximum atomic E-state index is 9.58. The van der Waals surface area contributed by atoms with Gasteiger partial charge in [0.2, 0.25) is 0 Å².